The third kappa shape index (κ3) is 4.78. The summed E-state index contributed by atoms with van der Waals surface area (Å²) in [6, 6.07) is 42.7. The highest BCUT2D eigenvalue weighted by atomic mass is 16.5. The zero-order valence-electron chi connectivity index (χ0n) is 19.4. The van der Waals surface area contributed by atoms with Crippen molar-refractivity contribution >= 4 is 0 Å². The van der Waals surface area contributed by atoms with Crippen LogP contribution in [0.25, 0.3) is 0 Å². The number of rotatable bonds is 10. The molecule has 0 saturated heterocycles. The molecule has 0 bridgehead atoms. The standard InChI is InChI=1S/C31H32O2/c1-3-33-30(29(25-16-8-4-9-17-25)26-18-10-5-11-19-26)31(24-32-2,27-20-12-6-13-21-27)28-22-14-7-15-23-28/h4-23,29-30H,3,24H2,1-2H3. The predicted molar refractivity (Wildman–Crippen MR) is 136 cm³/mol. The fraction of sp³-hybridized carbons (Fsp3) is 0.226. The van der Waals surface area contributed by atoms with Crippen molar-refractivity contribution in [1.29, 1.82) is 0 Å². The highest BCUT2D eigenvalue weighted by molar-refractivity contribution is 5.46. The first-order chi connectivity index (χ1) is 16.3. The molecule has 0 spiro atoms. The molecule has 0 heterocycles. The van der Waals surface area contributed by atoms with Gasteiger partial charge in [0.15, 0.2) is 0 Å². The van der Waals surface area contributed by atoms with Gasteiger partial charge >= 0.3 is 0 Å². The Morgan fingerprint density at radius 3 is 1.36 bits per heavy atom. The van der Waals surface area contributed by atoms with E-state index in [4.69, 9.17) is 9.47 Å². The topological polar surface area (TPSA) is 18.5 Å². The van der Waals surface area contributed by atoms with Crippen molar-refractivity contribution in [2.24, 2.45) is 0 Å². The Morgan fingerprint density at radius 2 is 1.00 bits per heavy atom. The number of benzene rings is 4. The summed E-state index contributed by atoms with van der Waals surface area (Å²) in [7, 11) is 1.78. The van der Waals surface area contributed by atoms with Crippen molar-refractivity contribution in [1.82, 2.24) is 0 Å². The molecular formula is C31H32O2. The lowest BCUT2D eigenvalue weighted by atomic mass is 9.64. The summed E-state index contributed by atoms with van der Waals surface area (Å²) in [5.74, 6) is 0.0166. The minimum atomic E-state index is -0.510. The van der Waals surface area contributed by atoms with Crippen LogP contribution in [-0.2, 0) is 14.9 Å². The number of methoxy groups -OCH3 is 1. The average molecular weight is 437 g/mol. The van der Waals surface area contributed by atoms with Crippen molar-refractivity contribution < 1.29 is 9.47 Å². The van der Waals surface area contributed by atoms with Crippen LogP contribution < -0.4 is 0 Å². The van der Waals surface area contributed by atoms with Gasteiger partial charge in [0.25, 0.3) is 0 Å². The molecule has 2 heteroatoms. The molecule has 0 aliphatic rings. The normalized spacial score (nSPS) is 12.6. The fourth-order valence-electron chi connectivity index (χ4n) is 5.01. The van der Waals surface area contributed by atoms with Gasteiger partial charge in [-0.1, -0.05) is 121 Å². The first-order valence-electron chi connectivity index (χ1n) is 11.6. The molecule has 1 atom stereocenters. The number of ether oxygens (including phenoxy) is 2. The SMILES string of the molecule is CCOC(C(c1ccccc1)c1ccccc1)C(COC)(c1ccccc1)c1ccccc1. The minimum Gasteiger partial charge on any atom is -0.383 e. The molecule has 1 unspecified atom stereocenters. The molecule has 33 heavy (non-hydrogen) atoms. The van der Waals surface area contributed by atoms with E-state index >= 15 is 0 Å². The van der Waals surface area contributed by atoms with E-state index in [1.165, 1.54) is 22.3 Å². The van der Waals surface area contributed by atoms with Crippen molar-refractivity contribution in [3.8, 4) is 0 Å². The molecule has 0 N–H and O–H groups in total. The van der Waals surface area contributed by atoms with Crippen molar-refractivity contribution in [3.63, 3.8) is 0 Å². The Bertz CT molecular complexity index is 1000. The van der Waals surface area contributed by atoms with E-state index in [2.05, 4.69) is 128 Å². The molecule has 4 aromatic carbocycles. The van der Waals surface area contributed by atoms with Crippen LogP contribution in [0, 0.1) is 0 Å². The van der Waals surface area contributed by atoms with E-state index in [9.17, 15) is 0 Å². The molecule has 0 aliphatic carbocycles. The van der Waals surface area contributed by atoms with Gasteiger partial charge in [0.2, 0.25) is 0 Å². The summed E-state index contributed by atoms with van der Waals surface area (Å²) in [4.78, 5) is 0. The van der Waals surface area contributed by atoms with Gasteiger partial charge in [-0.05, 0) is 29.2 Å². The van der Waals surface area contributed by atoms with E-state index in [-0.39, 0.29) is 12.0 Å². The van der Waals surface area contributed by atoms with Gasteiger partial charge in [0.05, 0.1) is 18.1 Å². The second-order valence-corrected chi connectivity index (χ2v) is 8.31. The van der Waals surface area contributed by atoms with Crippen molar-refractivity contribution in [2.75, 3.05) is 20.3 Å². The minimum absolute atomic E-state index is 0.0166. The molecule has 0 amide bonds. The Morgan fingerprint density at radius 1 is 0.606 bits per heavy atom. The van der Waals surface area contributed by atoms with E-state index < -0.39 is 5.41 Å². The maximum atomic E-state index is 6.76. The van der Waals surface area contributed by atoms with E-state index in [0.717, 1.165) is 0 Å². The summed E-state index contributed by atoms with van der Waals surface area (Å²) in [5, 5.41) is 0. The third-order valence-electron chi connectivity index (χ3n) is 6.40. The summed E-state index contributed by atoms with van der Waals surface area (Å²) in [5.41, 5.74) is 4.33. The summed E-state index contributed by atoms with van der Waals surface area (Å²) < 4.78 is 12.7. The number of hydrogen-bond donors (Lipinski definition) is 0. The first-order valence-corrected chi connectivity index (χ1v) is 11.6. The van der Waals surface area contributed by atoms with Crippen molar-refractivity contribution in [2.45, 2.75) is 24.4 Å². The highest BCUT2D eigenvalue weighted by Gasteiger charge is 2.47. The monoisotopic (exact) mass is 436 g/mol. The highest BCUT2D eigenvalue weighted by Crippen LogP contribution is 2.45. The quantitative estimate of drug-likeness (QED) is 0.270. The van der Waals surface area contributed by atoms with Gasteiger partial charge in [-0.15, -0.1) is 0 Å². The van der Waals surface area contributed by atoms with Gasteiger partial charge in [-0.2, -0.15) is 0 Å². The zero-order chi connectivity index (χ0) is 22.9. The van der Waals surface area contributed by atoms with Crippen LogP contribution >= 0.6 is 0 Å². The van der Waals surface area contributed by atoms with Crippen LogP contribution in [0.15, 0.2) is 121 Å². The molecule has 0 aliphatic heterocycles. The van der Waals surface area contributed by atoms with E-state index in [1.54, 1.807) is 7.11 Å². The van der Waals surface area contributed by atoms with Crippen LogP contribution in [-0.4, -0.2) is 26.4 Å². The van der Waals surface area contributed by atoms with E-state index in [0.29, 0.717) is 13.2 Å². The van der Waals surface area contributed by atoms with Crippen LogP contribution in [0.5, 0.6) is 0 Å². The lowest BCUT2D eigenvalue weighted by Crippen LogP contribution is -2.49. The van der Waals surface area contributed by atoms with Gasteiger partial charge in [-0.3, -0.25) is 0 Å². The molecule has 168 valence electrons. The zero-order valence-corrected chi connectivity index (χ0v) is 19.4. The number of hydrogen-bond acceptors (Lipinski definition) is 2. The van der Waals surface area contributed by atoms with Crippen LogP contribution in [0.2, 0.25) is 0 Å². The van der Waals surface area contributed by atoms with Crippen LogP contribution in [0.4, 0.5) is 0 Å². The third-order valence-corrected chi connectivity index (χ3v) is 6.40. The van der Waals surface area contributed by atoms with E-state index in [1.807, 2.05) is 0 Å². The molecular weight excluding hydrogens is 404 g/mol. The summed E-state index contributed by atoms with van der Waals surface area (Å²) in [6.07, 6.45) is -0.197. The lowest BCUT2D eigenvalue weighted by Gasteiger charge is -2.45. The lowest BCUT2D eigenvalue weighted by molar-refractivity contribution is -0.0224. The largest absolute Gasteiger partial charge is 0.383 e. The smallest absolute Gasteiger partial charge is 0.0843 e. The molecule has 4 aromatic rings. The van der Waals surface area contributed by atoms with Crippen LogP contribution in [0.3, 0.4) is 0 Å². The van der Waals surface area contributed by atoms with Crippen molar-refractivity contribution in [3.05, 3.63) is 144 Å². The molecule has 0 aromatic heterocycles. The second kappa shape index (κ2) is 11.1. The summed E-state index contributed by atoms with van der Waals surface area (Å²) >= 11 is 0. The molecule has 0 saturated carbocycles. The predicted octanol–water partition coefficient (Wildman–Crippen LogP) is 6.86. The molecule has 4 rings (SSSR count). The Balaban J connectivity index is 2.02. The second-order valence-electron chi connectivity index (χ2n) is 8.31. The van der Waals surface area contributed by atoms with Gasteiger partial charge < -0.3 is 9.47 Å². The molecule has 2 nitrogen and oxygen atoms in total. The maximum absolute atomic E-state index is 6.76. The molecule has 0 radical (unpaired) electrons. The Labute approximate surface area is 197 Å². The first kappa shape index (κ1) is 23.0. The summed E-state index contributed by atoms with van der Waals surface area (Å²) in [6.45, 7) is 3.18. The van der Waals surface area contributed by atoms with Gasteiger partial charge in [-0.25, -0.2) is 0 Å². The maximum Gasteiger partial charge on any atom is 0.0843 e. The van der Waals surface area contributed by atoms with Crippen LogP contribution in [0.1, 0.15) is 35.1 Å². The van der Waals surface area contributed by atoms with Gasteiger partial charge in [0, 0.05) is 19.6 Å². The molecule has 0 fully saturated rings. The van der Waals surface area contributed by atoms with Gasteiger partial charge in [0.1, 0.15) is 0 Å². The fourth-order valence-corrected chi connectivity index (χ4v) is 5.01. The Hall–Kier alpha value is -3.20. The Kier molecular flexibility index (Phi) is 7.72. The average Bonchev–Trinajstić information content (AvgIpc) is 2.89.